The highest BCUT2D eigenvalue weighted by Crippen LogP contribution is 2.34. The van der Waals surface area contributed by atoms with Crippen molar-refractivity contribution in [3.63, 3.8) is 0 Å². The number of halogens is 1. The summed E-state index contributed by atoms with van der Waals surface area (Å²) >= 11 is 0. The summed E-state index contributed by atoms with van der Waals surface area (Å²) in [4.78, 5) is 2.10. The zero-order valence-electron chi connectivity index (χ0n) is 12.5. The highest BCUT2D eigenvalue weighted by atomic mass is 35.5. The van der Waals surface area contributed by atoms with E-state index in [1.54, 1.807) is 7.11 Å². The zero-order chi connectivity index (χ0) is 13.8. The molecule has 0 aliphatic carbocycles. The predicted molar refractivity (Wildman–Crippen MR) is 82.1 cm³/mol. The fourth-order valence-corrected chi connectivity index (χ4v) is 2.43. The molecule has 0 bridgehead atoms. The highest BCUT2D eigenvalue weighted by Gasteiger charge is 2.34. The van der Waals surface area contributed by atoms with Crippen LogP contribution in [0.4, 0.5) is 0 Å². The van der Waals surface area contributed by atoms with Crippen molar-refractivity contribution < 1.29 is 9.84 Å². The van der Waals surface area contributed by atoms with Crippen LogP contribution in [0.15, 0.2) is 24.3 Å². The van der Waals surface area contributed by atoms with E-state index >= 15 is 0 Å². The summed E-state index contributed by atoms with van der Waals surface area (Å²) in [5.41, 5.74) is 0.123. The minimum absolute atomic E-state index is 0. The van der Waals surface area contributed by atoms with Crippen molar-refractivity contribution in [3.05, 3.63) is 29.8 Å². The first-order chi connectivity index (χ1) is 8.43. The lowest BCUT2D eigenvalue weighted by Gasteiger charge is -2.35. The molecule has 110 valence electrons. The Morgan fingerprint density at radius 2 is 2.00 bits per heavy atom. The van der Waals surface area contributed by atoms with E-state index in [0.29, 0.717) is 6.42 Å². The first kappa shape index (κ1) is 18.2. The minimum atomic E-state index is -0.807. The van der Waals surface area contributed by atoms with Gasteiger partial charge in [-0.05, 0) is 38.2 Å². The van der Waals surface area contributed by atoms with Gasteiger partial charge in [0.25, 0.3) is 0 Å². The molecular formula is C15H26ClNO2. The predicted octanol–water partition coefficient (Wildman–Crippen LogP) is 2.91. The molecule has 3 nitrogen and oxygen atoms in total. The minimum Gasteiger partial charge on any atom is -0.497 e. The summed E-state index contributed by atoms with van der Waals surface area (Å²) in [6.45, 7) is 4.95. The van der Waals surface area contributed by atoms with Crippen molar-refractivity contribution in [2.75, 3.05) is 27.7 Å². The summed E-state index contributed by atoms with van der Waals surface area (Å²) < 4.78 is 5.23. The average Bonchev–Trinajstić information content (AvgIpc) is 2.37. The van der Waals surface area contributed by atoms with Crippen molar-refractivity contribution >= 4 is 12.4 Å². The van der Waals surface area contributed by atoms with Gasteiger partial charge in [-0.3, -0.25) is 0 Å². The van der Waals surface area contributed by atoms with E-state index in [2.05, 4.69) is 11.8 Å². The molecule has 0 amide bonds. The standard InChI is InChI=1S/C15H25NO2.ClH/c1-6-15(17,12(2)11-16(3)4)13-8-7-9-14(10-13)18-5;/h7-10,12,17H,6,11H2,1-5H3;1H/t12-,15-;/m0./s1. The lowest BCUT2D eigenvalue weighted by molar-refractivity contribution is -0.0293. The molecule has 0 aliphatic rings. The van der Waals surface area contributed by atoms with Crippen LogP contribution in [0.1, 0.15) is 25.8 Å². The van der Waals surface area contributed by atoms with E-state index in [1.165, 1.54) is 0 Å². The second kappa shape index (κ2) is 7.73. The third kappa shape index (κ3) is 4.37. The van der Waals surface area contributed by atoms with Crippen molar-refractivity contribution in [2.45, 2.75) is 25.9 Å². The van der Waals surface area contributed by atoms with Crippen molar-refractivity contribution in [2.24, 2.45) is 5.92 Å². The van der Waals surface area contributed by atoms with E-state index in [-0.39, 0.29) is 18.3 Å². The van der Waals surface area contributed by atoms with Gasteiger partial charge in [0.05, 0.1) is 12.7 Å². The van der Waals surface area contributed by atoms with E-state index in [4.69, 9.17) is 4.74 Å². The number of rotatable bonds is 6. The SMILES string of the molecule is CC[C@@](O)(c1cccc(OC)c1)[C@@H](C)CN(C)C.Cl. The molecule has 1 aromatic rings. The van der Waals surface area contributed by atoms with Crippen LogP contribution in [0.2, 0.25) is 0 Å². The van der Waals surface area contributed by atoms with Crippen LogP contribution in [-0.2, 0) is 5.60 Å². The number of benzene rings is 1. The molecule has 0 unspecified atom stereocenters. The van der Waals surface area contributed by atoms with Crippen LogP contribution in [0, 0.1) is 5.92 Å². The third-order valence-corrected chi connectivity index (χ3v) is 3.56. The van der Waals surface area contributed by atoms with Gasteiger partial charge in [0, 0.05) is 12.5 Å². The molecule has 0 spiro atoms. The third-order valence-electron chi connectivity index (χ3n) is 3.56. The summed E-state index contributed by atoms with van der Waals surface area (Å²) in [5.74, 6) is 0.945. The molecule has 1 aromatic carbocycles. The zero-order valence-corrected chi connectivity index (χ0v) is 13.3. The van der Waals surface area contributed by atoms with Crippen molar-refractivity contribution in [1.82, 2.24) is 4.90 Å². The fraction of sp³-hybridized carbons (Fsp3) is 0.600. The molecule has 19 heavy (non-hydrogen) atoms. The maximum atomic E-state index is 10.9. The summed E-state index contributed by atoms with van der Waals surface area (Å²) in [5, 5.41) is 10.9. The molecule has 0 saturated carbocycles. The Morgan fingerprint density at radius 1 is 1.37 bits per heavy atom. The van der Waals surface area contributed by atoms with Crippen LogP contribution in [0.3, 0.4) is 0 Å². The maximum absolute atomic E-state index is 10.9. The smallest absolute Gasteiger partial charge is 0.119 e. The van der Waals surface area contributed by atoms with Gasteiger partial charge in [0.1, 0.15) is 5.75 Å². The van der Waals surface area contributed by atoms with Crippen LogP contribution >= 0.6 is 12.4 Å². The van der Waals surface area contributed by atoms with Crippen LogP contribution in [0.5, 0.6) is 5.75 Å². The summed E-state index contributed by atoms with van der Waals surface area (Å²) in [6, 6.07) is 7.72. The van der Waals surface area contributed by atoms with Gasteiger partial charge >= 0.3 is 0 Å². The Hall–Kier alpha value is -0.770. The lowest BCUT2D eigenvalue weighted by Crippen LogP contribution is -2.38. The number of ether oxygens (including phenoxy) is 1. The number of methoxy groups -OCH3 is 1. The molecule has 0 radical (unpaired) electrons. The van der Waals surface area contributed by atoms with Gasteiger partial charge in [-0.25, -0.2) is 0 Å². The molecule has 0 heterocycles. The largest absolute Gasteiger partial charge is 0.497 e. The molecule has 1 N–H and O–H groups in total. The molecule has 0 aliphatic heterocycles. The first-order valence-corrected chi connectivity index (χ1v) is 6.45. The second-order valence-corrected chi connectivity index (χ2v) is 5.17. The maximum Gasteiger partial charge on any atom is 0.119 e. The highest BCUT2D eigenvalue weighted by molar-refractivity contribution is 5.85. The van der Waals surface area contributed by atoms with E-state index in [9.17, 15) is 5.11 Å². The summed E-state index contributed by atoms with van der Waals surface area (Å²) in [6.07, 6.45) is 0.690. The van der Waals surface area contributed by atoms with Crippen LogP contribution in [0.25, 0.3) is 0 Å². The van der Waals surface area contributed by atoms with E-state index in [1.807, 2.05) is 45.3 Å². The molecular weight excluding hydrogens is 262 g/mol. The van der Waals surface area contributed by atoms with Crippen molar-refractivity contribution in [3.8, 4) is 5.75 Å². The molecule has 2 atom stereocenters. The Labute approximate surface area is 123 Å². The van der Waals surface area contributed by atoms with Gasteiger partial charge in [-0.15, -0.1) is 12.4 Å². The first-order valence-electron chi connectivity index (χ1n) is 6.45. The quantitative estimate of drug-likeness (QED) is 0.873. The summed E-state index contributed by atoms with van der Waals surface area (Å²) in [7, 11) is 5.70. The van der Waals surface area contributed by atoms with Gasteiger partial charge < -0.3 is 14.7 Å². The molecule has 0 fully saturated rings. The van der Waals surface area contributed by atoms with E-state index in [0.717, 1.165) is 17.9 Å². The van der Waals surface area contributed by atoms with Gasteiger partial charge in [0.2, 0.25) is 0 Å². The molecule has 0 aromatic heterocycles. The van der Waals surface area contributed by atoms with Crippen LogP contribution < -0.4 is 4.74 Å². The number of hydrogen-bond acceptors (Lipinski definition) is 3. The van der Waals surface area contributed by atoms with Gasteiger partial charge in [-0.1, -0.05) is 26.0 Å². The Kier molecular flexibility index (Phi) is 7.42. The fourth-order valence-electron chi connectivity index (χ4n) is 2.43. The number of aliphatic hydroxyl groups is 1. The Bertz CT molecular complexity index is 384. The molecule has 0 saturated heterocycles. The normalized spacial score (nSPS) is 15.5. The monoisotopic (exact) mass is 287 g/mol. The van der Waals surface area contributed by atoms with Gasteiger partial charge in [0.15, 0.2) is 0 Å². The van der Waals surface area contributed by atoms with Crippen LogP contribution in [-0.4, -0.2) is 37.8 Å². The number of hydrogen-bond donors (Lipinski definition) is 1. The van der Waals surface area contributed by atoms with Gasteiger partial charge in [-0.2, -0.15) is 0 Å². The number of nitrogens with zero attached hydrogens (tertiary/aromatic N) is 1. The Morgan fingerprint density at radius 3 is 2.47 bits per heavy atom. The molecule has 1 rings (SSSR count). The second-order valence-electron chi connectivity index (χ2n) is 5.17. The van der Waals surface area contributed by atoms with Crippen molar-refractivity contribution in [1.29, 1.82) is 0 Å². The van der Waals surface area contributed by atoms with E-state index < -0.39 is 5.60 Å². The lowest BCUT2D eigenvalue weighted by atomic mass is 9.80. The molecule has 4 heteroatoms. The average molecular weight is 288 g/mol. The Balaban J connectivity index is 0.00000324. The topological polar surface area (TPSA) is 32.7 Å².